The van der Waals surface area contributed by atoms with Gasteiger partial charge in [-0.1, -0.05) is 5.16 Å². The van der Waals surface area contributed by atoms with Gasteiger partial charge in [0.05, 0.1) is 5.97 Å². The molecule has 0 aliphatic heterocycles. The van der Waals surface area contributed by atoms with Gasteiger partial charge >= 0.3 is 0 Å². The van der Waals surface area contributed by atoms with Crippen LogP contribution in [0.1, 0.15) is 21.8 Å². The van der Waals surface area contributed by atoms with Gasteiger partial charge in [0.15, 0.2) is 0 Å². The molecule has 4 heteroatoms. The van der Waals surface area contributed by atoms with Crippen LogP contribution in [-0.2, 0) is 0 Å². The summed E-state index contributed by atoms with van der Waals surface area (Å²) in [6.45, 7) is 3.27. The zero-order chi connectivity index (χ0) is 7.72. The quantitative estimate of drug-likeness (QED) is 0.535. The zero-order valence-corrected chi connectivity index (χ0v) is 5.67. The Bertz CT molecular complexity index is 264. The first-order chi connectivity index (χ1) is 4.63. The molecule has 4 nitrogen and oxygen atoms in total. The molecule has 1 heterocycles. The number of carbonyl (C=O) groups excluding carboxylic acids is 1. The molecular weight excluding hydrogens is 134 g/mol. The van der Waals surface area contributed by atoms with Crippen LogP contribution in [0.5, 0.6) is 0 Å². The molecular formula is C6H6NO3-. The number of carboxylic acids is 1. The molecule has 0 unspecified atom stereocenters. The third kappa shape index (κ3) is 0.877. The highest BCUT2D eigenvalue weighted by Gasteiger charge is 2.07. The van der Waals surface area contributed by atoms with Crippen LogP contribution in [0.15, 0.2) is 4.52 Å². The van der Waals surface area contributed by atoms with Crippen molar-refractivity contribution in [1.82, 2.24) is 5.16 Å². The molecule has 0 fully saturated rings. The molecule has 0 N–H and O–H groups in total. The summed E-state index contributed by atoms with van der Waals surface area (Å²) in [6, 6.07) is 0. The van der Waals surface area contributed by atoms with E-state index in [1.54, 1.807) is 13.8 Å². The molecule has 0 radical (unpaired) electrons. The Kier molecular flexibility index (Phi) is 1.45. The molecule has 10 heavy (non-hydrogen) atoms. The van der Waals surface area contributed by atoms with E-state index >= 15 is 0 Å². The van der Waals surface area contributed by atoms with Crippen molar-refractivity contribution in [2.45, 2.75) is 13.8 Å². The van der Waals surface area contributed by atoms with Crippen LogP contribution in [0.4, 0.5) is 0 Å². The number of carbonyl (C=O) groups is 1. The van der Waals surface area contributed by atoms with Crippen molar-refractivity contribution in [2.75, 3.05) is 0 Å². The predicted octanol–water partition coefficient (Wildman–Crippen LogP) is -0.345. The van der Waals surface area contributed by atoms with Gasteiger partial charge in [0.2, 0.25) is 0 Å². The zero-order valence-electron chi connectivity index (χ0n) is 5.67. The van der Waals surface area contributed by atoms with Crippen molar-refractivity contribution >= 4 is 5.97 Å². The van der Waals surface area contributed by atoms with Gasteiger partial charge in [0.25, 0.3) is 0 Å². The molecule has 54 valence electrons. The molecule has 0 aliphatic carbocycles. The molecule has 0 aromatic carbocycles. The standard InChI is InChI=1S/C6H7NO3/c1-3-4(2)10-7-5(3)6(8)9/h1-2H3,(H,8,9)/p-1. The molecule has 1 rings (SSSR count). The van der Waals surface area contributed by atoms with Gasteiger partial charge in [-0.3, -0.25) is 0 Å². The van der Waals surface area contributed by atoms with Gasteiger partial charge < -0.3 is 14.4 Å². The molecule has 0 spiro atoms. The van der Waals surface area contributed by atoms with Crippen LogP contribution in [0.3, 0.4) is 0 Å². The van der Waals surface area contributed by atoms with E-state index in [0.29, 0.717) is 11.3 Å². The summed E-state index contributed by atoms with van der Waals surface area (Å²) >= 11 is 0. The number of aryl methyl sites for hydroxylation is 1. The topological polar surface area (TPSA) is 66.2 Å². The van der Waals surface area contributed by atoms with Crippen LogP contribution < -0.4 is 5.11 Å². The normalized spacial score (nSPS) is 9.80. The van der Waals surface area contributed by atoms with E-state index < -0.39 is 5.97 Å². The molecule has 0 atom stereocenters. The van der Waals surface area contributed by atoms with E-state index in [0.717, 1.165) is 0 Å². The van der Waals surface area contributed by atoms with Crippen LogP contribution in [-0.4, -0.2) is 11.1 Å². The highest BCUT2D eigenvalue weighted by Crippen LogP contribution is 2.09. The summed E-state index contributed by atoms with van der Waals surface area (Å²) in [5.41, 5.74) is 0.414. The lowest BCUT2D eigenvalue weighted by atomic mass is 10.2. The van der Waals surface area contributed by atoms with Crippen LogP contribution in [0.2, 0.25) is 0 Å². The second-order valence-corrected chi connectivity index (χ2v) is 2.00. The molecule has 1 aromatic rings. The highest BCUT2D eigenvalue weighted by atomic mass is 16.5. The largest absolute Gasteiger partial charge is 0.543 e. The maximum atomic E-state index is 10.2. The lowest BCUT2D eigenvalue weighted by Crippen LogP contribution is -2.23. The molecule has 0 aliphatic rings. The lowest BCUT2D eigenvalue weighted by Gasteiger charge is -1.94. The van der Waals surface area contributed by atoms with E-state index in [9.17, 15) is 9.90 Å². The van der Waals surface area contributed by atoms with Crippen LogP contribution >= 0.6 is 0 Å². The monoisotopic (exact) mass is 140 g/mol. The first kappa shape index (κ1) is 6.80. The lowest BCUT2D eigenvalue weighted by molar-refractivity contribution is -0.255. The van der Waals surface area contributed by atoms with E-state index in [-0.39, 0.29) is 5.69 Å². The van der Waals surface area contributed by atoms with Crippen molar-refractivity contribution in [3.05, 3.63) is 17.0 Å². The minimum Gasteiger partial charge on any atom is -0.543 e. The van der Waals surface area contributed by atoms with Gasteiger partial charge in [0, 0.05) is 5.56 Å². The summed E-state index contributed by atoms with van der Waals surface area (Å²) in [4.78, 5) is 10.2. The maximum absolute atomic E-state index is 10.2. The maximum Gasteiger partial charge on any atom is 0.137 e. The summed E-state index contributed by atoms with van der Waals surface area (Å²) in [6.07, 6.45) is 0. The van der Waals surface area contributed by atoms with Crippen LogP contribution in [0.25, 0.3) is 0 Å². The van der Waals surface area contributed by atoms with Crippen molar-refractivity contribution in [2.24, 2.45) is 0 Å². The van der Waals surface area contributed by atoms with E-state index in [2.05, 4.69) is 9.68 Å². The van der Waals surface area contributed by atoms with Crippen molar-refractivity contribution in [1.29, 1.82) is 0 Å². The number of nitrogens with zero attached hydrogens (tertiary/aromatic N) is 1. The minimum atomic E-state index is -1.30. The SMILES string of the molecule is Cc1onc(C(=O)[O-])c1C. The highest BCUT2D eigenvalue weighted by molar-refractivity contribution is 5.85. The first-order valence-corrected chi connectivity index (χ1v) is 2.77. The minimum absolute atomic E-state index is 0.113. The second kappa shape index (κ2) is 2.13. The Labute approximate surface area is 57.4 Å². The van der Waals surface area contributed by atoms with E-state index in [1.165, 1.54) is 0 Å². The van der Waals surface area contributed by atoms with Gasteiger partial charge in [0.1, 0.15) is 11.5 Å². The van der Waals surface area contributed by atoms with Gasteiger partial charge in [-0.2, -0.15) is 0 Å². The third-order valence-electron chi connectivity index (χ3n) is 1.35. The fraction of sp³-hybridized carbons (Fsp3) is 0.333. The molecule has 0 amide bonds. The first-order valence-electron chi connectivity index (χ1n) is 2.77. The average Bonchev–Trinajstić information content (AvgIpc) is 2.14. The van der Waals surface area contributed by atoms with Crippen molar-refractivity contribution in [3.63, 3.8) is 0 Å². The Morgan fingerprint density at radius 2 is 2.20 bits per heavy atom. The summed E-state index contributed by atoms with van der Waals surface area (Å²) < 4.78 is 4.59. The summed E-state index contributed by atoms with van der Waals surface area (Å²) in [7, 11) is 0. The Morgan fingerprint density at radius 3 is 2.40 bits per heavy atom. The predicted molar refractivity (Wildman–Crippen MR) is 30.3 cm³/mol. The number of rotatable bonds is 1. The Balaban J connectivity index is 3.17. The van der Waals surface area contributed by atoms with Crippen molar-refractivity contribution in [3.8, 4) is 0 Å². The number of carboxylic acid groups (broad SMARTS) is 1. The van der Waals surface area contributed by atoms with Gasteiger partial charge in [-0.15, -0.1) is 0 Å². The number of aromatic nitrogens is 1. The molecule has 0 saturated carbocycles. The number of aromatic carboxylic acids is 1. The van der Waals surface area contributed by atoms with Crippen molar-refractivity contribution < 1.29 is 14.4 Å². The molecule has 1 aromatic heterocycles. The average molecular weight is 140 g/mol. The molecule has 0 bridgehead atoms. The van der Waals surface area contributed by atoms with E-state index in [1.807, 2.05) is 0 Å². The van der Waals surface area contributed by atoms with Crippen LogP contribution in [0, 0.1) is 13.8 Å². The second-order valence-electron chi connectivity index (χ2n) is 2.00. The Morgan fingerprint density at radius 1 is 1.60 bits per heavy atom. The number of hydrogen-bond acceptors (Lipinski definition) is 4. The fourth-order valence-electron chi connectivity index (χ4n) is 0.608. The van der Waals surface area contributed by atoms with Gasteiger partial charge in [-0.05, 0) is 13.8 Å². The summed E-state index contributed by atoms with van der Waals surface area (Å²) in [5.74, 6) is -0.784. The smallest absolute Gasteiger partial charge is 0.137 e. The van der Waals surface area contributed by atoms with Gasteiger partial charge in [-0.25, -0.2) is 0 Å². The third-order valence-corrected chi connectivity index (χ3v) is 1.35. The van der Waals surface area contributed by atoms with E-state index in [4.69, 9.17) is 0 Å². The molecule has 0 saturated heterocycles. The summed E-state index contributed by atoms with van der Waals surface area (Å²) in [5, 5.41) is 13.5. The number of hydrogen-bond donors (Lipinski definition) is 0. The fourth-order valence-corrected chi connectivity index (χ4v) is 0.608. The Hall–Kier alpha value is -1.32.